The molecule has 2 heterocycles. The van der Waals surface area contributed by atoms with Gasteiger partial charge in [0.1, 0.15) is 11.4 Å². The van der Waals surface area contributed by atoms with E-state index in [1.54, 1.807) is 42.8 Å². The molecule has 98 valence electrons. The summed E-state index contributed by atoms with van der Waals surface area (Å²) in [4.78, 5) is 15.8. The fraction of sp³-hybridized carbons (Fsp3) is 0.143. The average Bonchev–Trinajstić information content (AvgIpc) is 2.92. The number of hydrogen-bond donors (Lipinski definition) is 1. The second-order valence-corrected chi connectivity index (χ2v) is 3.63. The first-order valence-corrected chi connectivity index (χ1v) is 5.90. The lowest BCUT2D eigenvalue weighted by molar-refractivity contribution is -0.111. The molecule has 19 heavy (non-hydrogen) atoms. The first-order chi connectivity index (χ1) is 9.29. The molecule has 2 aromatic heterocycles. The van der Waals surface area contributed by atoms with E-state index in [4.69, 9.17) is 9.15 Å². The summed E-state index contributed by atoms with van der Waals surface area (Å²) in [6.45, 7) is 2.35. The van der Waals surface area contributed by atoms with Crippen molar-refractivity contribution in [1.82, 2.24) is 4.98 Å². The highest BCUT2D eigenvalue weighted by Crippen LogP contribution is 2.20. The molecule has 0 bridgehead atoms. The maximum Gasteiger partial charge on any atom is 0.248 e. The molecule has 2 rings (SSSR count). The Bertz CT molecular complexity index is 562. The molecule has 0 aliphatic carbocycles. The molecule has 1 N–H and O–H groups in total. The van der Waals surface area contributed by atoms with Gasteiger partial charge in [-0.15, -0.1) is 0 Å². The summed E-state index contributed by atoms with van der Waals surface area (Å²) in [7, 11) is 0. The molecule has 0 radical (unpaired) electrons. The molecule has 0 atom stereocenters. The van der Waals surface area contributed by atoms with E-state index in [9.17, 15) is 4.79 Å². The summed E-state index contributed by atoms with van der Waals surface area (Å²) in [6.07, 6.45) is 6.14. The molecule has 0 aromatic carbocycles. The zero-order valence-electron chi connectivity index (χ0n) is 10.5. The highest BCUT2D eigenvalue weighted by atomic mass is 16.5. The van der Waals surface area contributed by atoms with Crippen molar-refractivity contribution in [3.8, 4) is 5.88 Å². The first kappa shape index (κ1) is 12.9. The van der Waals surface area contributed by atoms with Gasteiger partial charge < -0.3 is 14.5 Å². The Balaban J connectivity index is 2.02. The van der Waals surface area contributed by atoms with Crippen molar-refractivity contribution in [2.45, 2.75) is 6.92 Å². The van der Waals surface area contributed by atoms with Crippen LogP contribution in [0.15, 0.2) is 47.2 Å². The van der Waals surface area contributed by atoms with Gasteiger partial charge in [-0.1, -0.05) is 0 Å². The summed E-state index contributed by atoms with van der Waals surface area (Å²) < 4.78 is 10.4. The number of pyridine rings is 1. The largest absolute Gasteiger partial charge is 0.476 e. The van der Waals surface area contributed by atoms with Crippen molar-refractivity contribution in [2.24, 2.45) is 0 Å². The SMILES string of the molecule is CCOc1ncccc1NC(=O)C=Cc1ccco1. The zero-order chi connectivity index (χ0) is 13.5. The molecule has 0 spiro atoms. The lowest BCUT2D eigenvalue weighted by Crippen LogP contribution is -2.10. The van der Waals surface area contributed by atoms with Crippen molar-refractivity contribution in [3.63, 3.8) is 0 Å². The molecular formula is C14H14N2O3. The van der Waals surface area contributed by atoms with E-state index >= 15 is 0 Å². The third kappa shape index (κ3) is 3.70. The highest BCUT2D eigenvalue weighted by Gasteiger charge is 2.06. The summed E-state index contributed by atoms with van der Waals surface area (Å²) in [5, 5.41) is 2.70. The predicted molar refractivity (Wildman–Crippen MR) is 71.8 cm³/mol. The molecule has 0 aliphatic heterocycles. The van der Waals surface area contributed by atoms with Crippen LogP contribution in [0.4, 0.5) is 5.69 Å². The number of hydrogen-bond acceptors (Lipinski definition) is 4. The minimum atomic E-state index is -0.273. The molecule has 5 nitrogen and oxygen atoms in total. The average molecular weight is 258 g/mol. The lowest BCUT2D eigenvalue weighted by Gasteiger charge is -2.08. The van der Waals surface area contributed by atoms with Crippen LogP contribution in [-0.2, 0) is 4.79 Å². The topological polar surface area (TPSA) is 64.4 Å². The van der Waals surface area contributed by atoms with Crippen molar-refractivity contribution in [3.05, 3.63) is 48.6 Å². The van der Waals surface area contributed by atoms with Gasteiger partial charge in [0.15, 0.2) is 0 Å². The Labute approximate surface area is 110 Å². The Morgan fingerprint density at radius 1 is 1.47 bits per heavy atom. The second kappa shape index (κ2) is 6.39. The molecule has 0 aliphatic rings. The predicted octanol–water partition coefficient (Wildman–Crippen LogP) is 2.73. The summed E-state index contributed by atoms with van der Waals surface area (Å²) in [6, 6.07) is 6.98. The van der Waals surface area contributed by atoms with Gasteiger partial charge in [-0.3, -0.25) is 4.79 Å². The number of furan rings is 1. The van der Waals surface area contributed by atoms with E-state index in [0.29, 0.717) is 23.9 Å². The van der Waals surface area contributed by atoms with Crippen LogP contribution in [0.3, 0.4) is 0 Å². The molecule has 1 amide bonds. The van der Waals surface area contributed by atoms with Crippen LogP contribution in [0.2, 0.25) is 0 Å². The van der Waals surface area contributed by atoms with E-state index in [0.717, 1.165) is 0 Å². The number of amides is 1. The summed E-state index contributed by atoms with van der Waals surface area (Å²) in [5.74, 6) is 0.751. The van der Waals surface area contributed by atoms with Crippen molar-refractivity contribution >= 4 is 17.7 Å². The van der Waals surface area contributed by atoms with Gasteiger partial charge in [-0.2, -0.15) is 0 Å². The van der Waals surface area contributed by atoms with Gasteiger partial charge in [0, 0.05) is 12.3 Å². The van der Waals surface area contributed by atoms with Gasteiger partial charge >= 0.3 is 0 Å². The minimum absolute atomic E-state index is 0.273. The van der Waals surface area contributed by atoms with Crippen LogP contribution in [0.5, 0.6) is 5.88 Å². The maximum atomic E-state index is 11.7. The van der Waals surface area contributed by atoms with Crippen LogP contribution in [0.25, 0.3) is 6.08 Å². The molecule has 0 unspecified atom stereocenters. The van der Waals surface area contributed by atoms with E-state index in [1.807, 2.05) is 6.92 Å². The van der Waals surface area contributed by atoms with Crippen LogP contribution in [0, 0.1) is 0 Å². The number of anilines is 1. The van der Waals surface area contributed by atoms with Crippen molar-refractivity contribution in [2.75, 3.05) is 11.9 Å². The number of nitrogens with one attached hydrogen (secondary N) is 1. The molecule has 0 saturated carbocycles. The minimum Gasteiger partial charge on any atom is -0.476 e. The maximum absolute atomic E-state index is 11.7. The number of nitrogens with zero attached hydrogens (tertiary/aromatic N) is 1. The van der Waals surface area contributed by atoms with Crippen LogP contribution in [-0.4, -0.2) is 17.5 Å². The van der Waals surface area contributed by atoms with Gasteiger partial charge in [-0.25, -0.2) is 4.98 Å². The fourth-order valence-corrected chi connectivity index (χ4v) is 1.46. The van der Waals surface area contributed by atoms with Gasteiger partial charge in [-0.05, 0) is 37.3 Å². The Hall–Kier alpha value is -2.56. The highest BCUT2D eigenvalue weighted by molar-refractivity contribution is 6.02. The molecule has 2 aromatic rings. The zero-order valence-corrected chi connectivity index (χ0v) is 10.5. The number of carbonyl (C=O) groups excluding carboxylic acids is 1. The standard InChI is InChI=1S/C14H14N2O3/c1-2-18-14-12(6-3-9-15-14)16-13(17)8-7-11-5-4-10-19-11/h3-10H,2H2,1H3,(H,16,17). The number of rotatable bonds is 5. The van der Waals surface area contributed by atoms with E-state index in [-0.39, 0.29) is 5.91 Å². The van der Waals surface area contributed by atoms with Crippen LogP contribution < -0.4 is 10.1 Å². The molecular weight excluding hydrogens is 244 g/mol. The van der Waals surface area contributed by atoms with Crippen LogP contribution in [0.1, 0.15) is 12.7 Å². The van der Waals surface area contributed by atoms with E-state index < -0.39 is 0 Å². The number of ether oxygens (including phenoxy) is 1. The Kier molecular flexibility index (Phi) is 4.34. The second-order valence-electron chi connectivity index (χ2n) is 3.63. The van der Waals surface area contributed by atoms with Crippen molar-refractivity contribution in [1.29, 1.82) is 0 Å². The Morgan fingerprint density at radius 3 is 3.11 bits per heavy atom. The first-order valence-electron chi connectivity index (χ1n) is 5.90. The molecule has 0 fully saturated rings. The molecule has 0 saturated heterocycles. The molecule has 5 heteroatoms. The summed E-state index contributed by atoms with van der Waals surface area (Å²) in [5.41, 5.74) is 0.540. The normalized spacial score (nSPS) is 10.6. The third-order valence-corrected chi connectivity index (χ3v) is 2.25. The third-order valence-electron chi connectivity index (χ3n) is 2.25. The monoisotopic (exact) mass is 258 g/mol. The lowest BCUT2D eigenvalue weighted by atomic mass is 10.3. The summed E-state index contributed by atoms with van der Waals surface area (Å²) >= 11 is 0. The van der Waals surface area contributed by atoms with E-state index in [2.05, 4.69) is 10.3 Å². The Morgan fingerprint density at radius 2 is 2.37 bits per heavy atom. The smallest absolute Gasteiger partial charge is 0.248 e. The van der Waals surface area contributed by atoms with Gasteiger partial charge in [0.05, 0.1) is 12.9 Å². The number of aromatic nitrogens is 1. The van der Waals surface area contributed by atoms with Crippen molar-refractivity contribution < 1.29 is 13.9 Å². The van der Waals surface area contributed by atoms with E-state index in [1.165, 1.54) is 6.08 Å². The fourth-order valence-electron chi connectivity index (χ4n) is 1.46. The quantitative estimate of drug-likeness (QED) is 0.837. The van der Waals surface area contributed by atoms with Gasteiger partial charge in [0.25, 0.3) is 0 Å². The van der Waals surface area contributed by atoms with Gasteiger partial charge in [0.2, 0.25) is 11.8 Å². The number of carbonyl (C=O) groups is 1. The van der Waals surface area contributed by atoms with Crippen LogP contribution >= 0.6 is 0 Å².